The number of halogens is 1. The topological polar surface area (TPSA) is 32.3 Å². The number of hydrogen-bond donors (Lipinski definition) is 1. The van der Waals surface area contributed by atoms with Crippen molar-refractivity contribution in [3.8, 4) is 0 Å². The Labute approximate surface area is 132 Å². The fourth-order valence-corrected chi connectivity index (χ4v) is 3.44. The summed E-state index contributed by atoms with van der Waals surface area (Å²) in [5.41, 5.74) is 0.555. The fourth-order valence-electron chi connectivity index (χ4n) is 3.22. The molecule has 1 amide bonds. The molecule has 3 nitrogen and oxygen atoms in total. The normalized spacial score (nSPS) is 23.0. The average Bonchev–Trinajstić information content (AvgIpc) is 2.43. The molecule has 0 radical (unpaired) electrons. The fraction of sp³-hybridized carbons (Fsp3) is 0.588. The van der Waals surface area contributed by atoms with E-state index in [-0.39, 0.29) is 5.91 Å². The zero-order chi connectivity index (χ0) is 15.2. The van der Waals surface area contributed by atoms with Crippen LogP contribution in [0.2, 0.25) is 5.02 Å². The first-order valence-corrected chi connectivity index (χ1v) is 8.19. The number of piperidine rings is 1. The highest BCUT2D eigenvalue weighted by atomic mass is 35.5. The van der Waals surface area contributed by atoms with Crippen LogP contribution in [0.4, 0.5) is 0 Å². The Bertz CT molecular complexity index is 468. The van der Waals surface area contributed by atoms with E-state index in [1.807, 2.05) is 12.1 Å². The summed E-state index contributed by atoms with van der Waals surface area (Å²) in [5, 5.41) is 3.46. The van der Waals surface area contributed by atoms with Gasteiger partial charge in [-0.3, -0.25) is 4.79 Å². The third-order valence-electron chi connectivity index (χ3n) is 4.00. The summed E-state index contributed by atoms with van der Waals surface area (Å²) in [6.07, 6.45) is 2.31. The Kier molecular flexibility index (Phi) is 6.07. The number of nitrogens with zero attached hydrogens (tertiary/aromatic N) is 1. The van der Waals surface area contributed by atoms with Crippen LogP contribution in [0.25, 0.3) is 0 Å². The van der Waals surface area contributed by atoms with Crippen LogP contribution in [0.5, 0.6) is 0 Å². The van der Waals surface area contributed by atoms with Crippen molar-refractivity contribution in [1.29, 1.82) is 0 Å². The first-order valence-electron chi connectivity index (χ1n) is 7.81. The molecular formula is C17H25ClN2O. The number of likely N-dealkylation sites (tertiary alicyclic amines) is 1. The van der Waals surface area contributed by atoms with Crippen LogP contribution in [0.3, 0.4) is 0 Å². The highest BCUT2D eigenvalue weighted by Gasteiger charge is 2.21. The Hall–Kier alpha value is -1.06. The molecule has 2 rings (SSSR count). The molecule has 0 aromatic heterocycles. The summed E-state index contributed by atoms with van der Waals surface area (Å²) in [6.45, 7) is 8.76. The van der Waals surface area contributed by atoms with E-state index in [0.717, 1.165) is 24.8 Å². The summed E-state index contributed by atoms with van der Waals surface area (Å²) in [5.74, 6) is 1.49. The number of hydrogen-bond acceptors (Lipinski definition) is 2. The Morgan fingerprint density at radius 2 is 1.95 bits per heavy atom. The van der Waals surface area contributed by atoms with Gasteiger partial charge in [0, 0.05) is 19.6 Å². The highest BCUT2D eigenvalue weighted by Crippen LogP contribution is 2.20. The maximum Gasteiger partial charge on any atom is 0.252 e. The maximum atomic E-state index is 12.0. The lowest BCUT2D eigenvalue weighted by Gasteiger charge is -2.34. The van der Waals surface area contributed by atoms with Crippen LogP contribution < -0.4 is 5.32 Å². The second-order valence-electron chi connectivity index (χ2n) is 6.29. The number of nitrogens with one attached hydrogen (secondary N) is 1. The molecule has 1 aliphatic rings. The van der Waals surface area contributed by atoms with Crippen LogP contribution in [0, 0.1) is 11.8 Å². The molecule has 0 saturated carbocycles. The second-order valence-corrected chi connectivity index (χ2v) is 6.70. The molecule has 21 heavy (non-hydrogen) atoms. The number of rotatable bonds is 5. The molecule has 4 heteroatoms. The number of carbonyl (C=O) groups is 1. The van der Waals surface area contributed by atoms with Crippen molar-refractivity contribution in [3.63, 3.8) is 0 Å². The van der Waals surface area contributed by atoms with E-state index < -0.39 is 0 Å². The molecule has 1 heterocycles. The Balaban J connectivity index is 1.70. The number of benzene rings is 1. The quantitative estimate of drug-likeness (QED) is 0.845. The summed E-state index contributed by atoms with van der Waals surface area (Å²) in [4.78, 5) is 14.5. The van der Waals surface area contributed by atoms with Crippen LogP contribution in [-0.4, -0.2) is 37.0 Å². The molecule has 2 unspecified atom stereocenters. The van der Waals surface area contributed by atoms with E-state index in [1.165, 1.54) is 19.5 Å². The smallest absolute Gasteiger partial charge is 0.252 e. The summed E-state index contributed by atoms with van der Waals surface area (Å²) in [7, 11) is 0. The highest BCUT2D eigenvalue weighted by molar-refractivity contribution is 6.33. The molecule has 1 aliphatic heterocycles. The first-order chi connectivity index (χ1) is 10.1. The molecule has 1 N–H and O–H groups in total. The SMILES string of the molecule is CC1CC(C)CN(CCCNC(=O)c2ccccc2Cl)C1. The lowest BCUT2D eigenvalue weighted by atomic mass is 9.92. The van der Waals surface area contributed by atoms with Crippen molar-refractivity contribution in [3.05, 3.63) is 34.9 Å². The van der Waals surface area contributed by atoms with E-state index in [9.17, 15) is 4.79 Å². The maximum absolute atomic E-state index is 12.0. The lowest BCUT2D eigenvalue weighted by Crippen LogP contribution is -2.40. The predicted octanol–water partition coefficient (Wildman–Crippen LogP) is 3.44. The molecule has 2 atom stereocenters. The van der Waals surface area contributed by atoms with E-state index in [4.69, 9.17) is 11.6 Å². The van der Waals surface area contributed by atoms with Gasteiger partial charge in [-0.1, -0.05) is 37.6 Å². The van der Waals surface area contributed by atoms with Crippen molar-refractivity contribution < 1.29 is 4.79 Å². The van der Waals surface area contributed by atoms with Crippen LogP contribution >= 0.6 is 11.6 Å². The van der Waals surface area contributed by atoms with Gasteiger partial charge in [0.1, 0.15) is 0 Å². The van der Waals surface area contributed by atoms with Gasteiger partial charge < -0.3 is 10.2 Å². The average molecular weight is 309 g/mol. The molecule has 1 saturated heterocycles. The predicted molar refractivity (Wildman–Crippen MR) is 87.8 cm³/mol. The largest absolute Gasteiger partial charge is 0.352 e. The first kappa shape index (κ1) is 16.3. The minimum Gasteiger partial charge on any atom is -0.352 e. The van der Waals surface area contributed by atoms with Gasteiger partial charge in [-0.15, -0.1) is 0 Å². The van der Waals surface area contributed by atoms with Gasteiger partial charge in [-0.25, -0.2) is 0 Å². The molecule has 116 valence electrons. The van der Waals surface area contributed by atoms with Crippen LogP contribution in [0.15, 0.2) is 24.3 Å². The van der Waals surface area contributed by atoms with Crippen molar-refractivity contribution >= 4 is 17.5 Å². The molecule has 0 aliphatic carbocycles. The Morgan fingerprint density at radius 1 is 1.29 bits per heavy atom. The Morgan fingerprint density at radius 3 is 2.62 bits per heavy atom. The number of amides is 1. The minimum absolute atomic E-state index is 0.0824. The van der Waals surface area contributed by atoms with Gasteiger partial charge in [0.25, 0.3) is 5.91 Å². The van der Waals surface area contributed by atoms with E-state index in [0.29, 0.717) is 17.1 Å². The summed E-state index contributed by atoms with van der Waals surface area (Å²) < 4.78 is 0. The lowest BCUT2D eigenvalue weighted by molar-refractivity contribution is 0.0947. The molecule has 1 aromatic carbocycles. The van der Waals surface area contributed by atoms with Crippen LogP contribution in [-0.2, 0) is 0 Å². The molecule has 0 bridgehead atoms. The summed E-state index contributed by atoms with van der Waals surface area (Å²) in [6, 6.07) is 7.16. The molecule has 1 fully saturated rings. The van der Waals surface area contributed by atoms with Gasteiger partial charge in [0.05, 0.1) is 10.6 Å². The zero-order valence-corrected chi connectivity index (χ0v) is 13.7. The van der Waals surface area contributed by atoms with Crippen molar-refractivity contribution in [2.45, 2.75) is 26.7 Å². The minimum atomic E-state index is -0.0824. The van der Waals surface area contributed by atoms with Crippen molar-refractivity contribution in [2.75, 3.05) is 26.2 Å². The number of carbonyl (C=O) groups excluding carboxylic acids is 1. The van der Waals surface area contributed by atoms with Gasteiger partial charge in [-0.2, -0.15) is 0 Å². The second kappa shape index (κ2) is 7.81. The third kappa shape index (κ3) is 5.01. The standard InChI is InChI=1S/C17H25ClN2O/c1-13-10-14(2)12-20(11-13)9-5-8-19-17(21)15-6-3-4-7-16(15)18/h3-4,6-7,13-14H,5,8-12H2,1-2H3,(H,19,21). The molecule has 0 spiro atoms. The van der Waals surface area contributed by atoms with Gasteiger partial charge in [-0.05, 0) is 43.4 Å². The monoisotopic (exact) mass is 308 g/mol. The van der Waals surface area contributed by atoms with Gasteiger partial charge in [0.15, 0.2) is 0 Å². The zero-order valence-electron chi connectivity index (χ0n) is 12.9. The van der Waals surface area contributed by atoms with Crippen LogP contribution in [0.1, 0.15) is 37.0 Å². The van der Waals surface area contributed by atoms with Gasteiger partial charge >= 0.3 is 0 Å². The van der Waals surface area contributed by atoms with Gasteiger partial charge in [0.2, 0.25) is 0 Å². The summed E-state index contributed by atoms with van der Waals surface area (Å²) >= 11 is 6.02. The molecular weight excluding hydrogens is 284 g/mol. The van der Waals surface area contributed by atoms with Crippen molar-refractivity contribution in [2.24, 2.45) is 11.8 Å². The van der Waals surface area contributed by atoms with E-state index in [2.05, 4.69) is 24.1 Å². The molecule has 1 aromatic rings. The van der Waals surface area contributed by atoms with Crippen molar-refractivity contribution in [1.82, 2.24) is 10.2 Å². The van der Waals surface area contributed by atoms with E-state index in [1.54, 1.807) is 12.1 Å². The third-order valence-corrected chi connectivity index (χ3v) is 4.33. The van der Waals surface area contributed by atoms with E-state index >= 15 is 0 Å².